The maximum Gasteiger partial charge on any atom is 0.407 e. The van der Waals surface area contributed by atoms with Gasteiger partial charge in [-0.1, -0.05) is 48.5 Å². The zero-order valence-corrected chi connectivity index (χ0v) is 18.5. The summed E-state index contributed by atoms with van der Waals surface area (Å²) >= 11 is 0. The minimum Gasteiger partial charge on any atom is -0.479 e. The van der Waals surface area contributed by atoms with Gasteiger partial charge in [-0.2, -0.15) is 0 Å². The Morgan fingerprint density at radius 3 is 2.18 bits per heavy atom. The first-order valence-electron chi connectivity index (χ1n) is 11.1. The van der Waals surface area contributed by atoms with Crippen LogP contribution in [0.15, 0.2) is 48.5 Å². The van der Waals surface area contributed by atoms with Gasteiger partial charge in [-0.3, -0.25) is 4.79 Å². The Morgan fingerprint density at radius 2 is 1.64 bits per heavy atom. The lowest BCUT2D eigenvalue weighted by atomic mass is 9.98. The van der Waals surface area contributed by atoms with Gasteiger partial charge in [0.15, 0.2) is 6.10 Å². The summed E-state index contributed by atoms with van der Waals surface area (Å²) in [6.07, 6.45) is 0.207. The molecule has 0 heterocycles. The molecule has 3 N–H and O–H groups in total. The monoisotopic (exact) mass is 452 g/mol. The van der Waals surface area contributed by atoms with Gasteiger partial charge < -0.3 is 25.2 Å². The molecule has 2 aromatic rings. The Balaban J connectivity index is 1.33. The molecule has 4 rings (SSSR count). The molecule has 0 bridgehead atoms. The van der Waals surface area contributed by atoms with Crippen LogP contribution in [-0.4, -0.2) is 55.5 Å². The van der Waals surface area contributed by atoms with Crippen molar-refractivity contribution < 1.29 is 29.0 Å². The molecule has 33 heavy (non-hydrogen) atoms. The number of methoxy groups -OCH3 is 1. The van der Waals surface area contributed by atoms with Crippen molar-refractivity contribution in [3.8, 4) is 11.1 Å². The number of carbonyl (C=O) groups excluding carboxylic acids is 2. The average Bonchev–Trinajstić information content (AvgIpc) is 3.61. The number of nitrogens with one attached hydrogen (secondary N) is 2. The second kappa shape index (κ2) is 10.0. The van der Waals surface area contributed by atoms with Crippen LogP contribution in [0.2, 0.25) is 0 Å². The molecular weight excluding hydrogens is 424 g/mol. The van der Waals surface area contributed by atoms with Crippen LogP contribution < -0.4 is 10.6 Å². The topological polar surface area (TPSA) is 114 Å². The van der Waals surface area contributed by atoms with Crippen molar-refractivity contribution in [2.24, 2.45) is 5.92 Å². The molecule has 0 radical (unpaired) electrons. The van der Waals surface area contributed by atoms with Crippen LogP contribution in [0.25, 0.3) is 11.1 Å². The zero-order valence-electron chi connectivity index (χ0n) is 18.5. The highest BCUT2D eigenvalue weighted by Gasteiger charge is 2.38. The molecule has 2 unspecified atom stereocenters. The molecule has 2 aliphatic carbocycles. The van der Waals surface area contributed by atoms with Crippen molar-refractivity contribution >= 4 is 18.0 Å². The number of ether oxygens (including phenoxy) is 2. The number of rotatable bonds is 10. The predicted octanol–water partition coefficient (Wildman–Crippen LogP) is 2.91. The van der Waals surface area contributed by atoms with E-state index in [1.54, 1.807) is 0 Å². The maximum absolute atomic E-state index is 12.6. The summed E-state index contributed by atoms with van der Waals surface area (Å²) in [6, 6.07) is 15.5. The highest BCUT2D eigenvalue weighted by atomic mass is 16.5. The first-order valence-corrected chi connectivity index (χ1v) is 11.1. The van der Waals surface area contributed by atoms with Gasteiger partial charge in [0.05, 0.1) is 0 Å². The molecule has 2 amide bonds. The number of aliphatic carboxylic acids is 1. The normalized spacial score (nSPS) is 16.3. The Morgan fingerprint density at radius 1 is 1.03 bits per heavy atom. The molecule has 2 aliphatic rings. The van der Waals surface area contributed by atoms with Crippen molar-refractivity contribution in [2.75, 3.05) is 20.3 Å². The number of benzene rings is 2. The van der Waals surface area contributed by atoms with E-state index in [0.29, 0.717) is 0 Å². The standard InChI is InChI=1S/C25H28N2O6/c1-32-21(24(29)30)12-13-26-23(28)22(15-10-11-15)27-25(31)33-14-20-18-8-4-2-6-16(18)17-7-3-5-9-19(17)20/h2-9,15,20-22H,10-14H2,1H3,(H,26,28)(H,27,31)(H,29,30). The number of hydrogen-bond donors (Lipinski definition) is 3. The summed E-state index contributed by atoms with van der Waals surface area (Å²) in [6.45, 7) is 0.312. The summed E-state index contributed by atoms with van der Waals surface area (Å²) < 4.78 is 10.4. The van der Waals surface area contributed by atoms with E-state index in [1.807, 2.05) is 36.4 Å². The minimum absolute atomic E-state index is 0.0571. The third kappa shape index (κ3) is 5.17. The van der Waals surface area contributed by atoms with Crippen molar-refractivity contribution in [3.05, 3.63) is 59.7 Å². The summed E-state index contributed by atoms with van der Waals surface area (Å²) in [5.41, 5.74) is 4.53. The highest BCUT2D eigenvalue weighted by Crippen LogP contribution is 2.44. The fraction of sp³-hybridized carbons (Fsp3) is 0.400. The molecule has 0 spiro atoms. The van der Waals surface area contributed by atoms with Crippen molar-refractivity contribution in [1.82, 2.24) is 10.6 Å². The number of carboxylic acids is 1. The van der Waals surface area contributed by atoms with Crippen molar-refractivity contribution in [3.63, 3.8) is 0 Å². The molecular formula is C25H28N2O6. The molecule has 8 nitrogen and oxygen atoms in total. The maximum atomic E-state index is 12.6. The second-order valence-corrected chi connectivity index (χ2v) is 8.43. The molecule has 0 aromatic heterocycles. The quantitative estimate of drug-likeness (QED) is 0.511. The number of amides is 2. The van der Waals surface area contributed by atoms with Gasteiger partial charge >= 0.3 is 12.1 Å². The second-order valence-electron chi connectivity index (χ2n) is 8.43. The molecule has 2 aromatic carbocycles. The van der Waals surface area contributed by atoms with Gasteiger partial charge in [0.2, 0.25) is 5.91 Å². The van der Waals surface area contributed by atoms with Crippen LogP contribution in [0.5, 0.6) is 0 Å². The van der Waals surface area contributed by atoms with Gasteiger partial charge in [0.25, 0.3) is 0 Å². The number of carbonyl (C=O) groups is 3. The Kier molecular flexibility index (Phi) is 6.93. The molecule has 174 valence electrons. The summed E-state index contributed by atoms with van der Waals surface area (Å²) in [5, 5.41) is 14.4. The molecule has 8 heteroatoms. The van der Waals surface area contributed by atoms with Crippen LogP contribution in [0.1, 0.15) is 36.3 Å². The van der Waals surface area contributed by atoms with Crippen molar-refractivity contribution in [1.29, 1.82) is 0 Å². The lowest BCUT2D eigenvalue weighted by Gasteiger charge is -2.20. The SMILES string of the molecule is COC(CCNC(=O)C(NC(=O)OCC1c2ccccc2-c2ccccc21)C1CC1)C(=O)O. The highest BCUT2D eigenvalue weighted by molar-refractivity contribution is 5.86. The largest absolute Gasteiger partial charge is 0.479 e. The fourth-order valence-corrected chi connectivity index (χ4v) is 4.37. The first-order chi connectivity index (χ1) is 16.0. The number of carboxylic acid groups (broad SMARTS) is 1. The third-order valence-electron chi connectivity index (χ3n) is 6.26. The third-order valence-corrected chi connectivity index (χ3v) is 6.26. The number of fused-ring (bicyclic) bond motifs is 3. The first kappa shape index (κ1) is 22.8. The van der Waals surface area contributed by atoms with E-state index in [-0.39, 0.29) is 37.3 Å². The Hall–Kier alpha value is -3.39. The van der Waals surface area contributed by atoms with E-state index in [2.05, 4.69) is 22.8 Å². The predicted molar refractivity (Wildman–Crippen MR) is 121 cm³/mol. The van der Waals surface area contributed by atoms with Gasteiger partial charge in [-0.15, -0.1) is 0 Å². The van der Waals surface area contributed by atoms with E-state index in [9.17, 15) is 14.4 Å². The molecule has 1 saturated carbocycles. The van der Waals surface area contributed by atoms with E-state index in [0.717, 1.165) is 35.1 Å². The zero-order chi connectivity index (χ0) is 23.4. The van der Waals surface area contributed by atoms with Gasteiger partial charge in [-0.05, 0) is 41.0 Å². The van der Waals surface area contributed by atoms with E-state index in [4.69, 9.17) is 14.6 Å². The average molecular weight is 453 g/mol. The fourth-order valence-electron chi connectivity index (χ4n) is 4.37. The Labute approximate surface area is 192 Å². The summed E-state index contributed by atoms with van der Waals surface area (Å²) in [4.78, 5) is 36.2. The Bertz CT molecular complexity index is 990. The van der Waals surface area contributed by atoms with Gasteiger partial charge in [0, 0.05) is 26.0 Å². The van der Waals surface area contributed by atoms with Crippen LogP contribution in [0.4, 0.5) is 4.79 Å². The van der Waals surface area contributed by atoms with Crippen LogP contribution in [-0.2, 0) is 19.1 Å². The molecule has 2 atom stereocenters. The number of alkyl carbamates (subject to hydrolysis) is 1. The van der Waals surface area contributed by atoms with Crippen LogP contribution in [0, 0.1) is 5.92 Å². The molecule has 0 saturated heterocycles. The van der Waals surface area contributed by atoms with E-state index < -0.39 is 24.2 Å². The smallest absolute Gasteiger partial charge is 0.407 e. The van der Waals surface area contributed by atoms with Crippen LogP contribution in [0.3, 0.4) is 0 Å². The lowest BCUT2D eigenvalue weighted by molar-refractivity contribution is -0.149. The molecule has 1 fully saturated rings. The van der Waals surface area contributed by atoms with Crippen LogP contribution >= 0.6 is 0 Å². The van der Waals surface area contributed by atoms with Gasteiger partial charge in [-0.25, -0.2) is 9.59 Å². The summed E-state index contributed by atoms with van der Waals surface area (Å²) in [5.74, 6) is -1.42. The minimum atomic E-state index is -1.08. The lowest BCUT2D eigenvalue weighted by Crippen LogP contribution is -2.49. The van der Waals surface area contributed by atoms with E-state index in [1.165, 1.54) is 7.11 Å². The summed E-state index contributed by atoms with van der Waals surface area (Å²) in [7, 11) is 1.31. The number of hydrogen-bond acceptors (Lipinski definition) is 5. The molecule has 0 aliphatic heterocycles. The van der Waals surface area contributed by atoms with Gasteiger partial charge in [0.1, 0.15) is 12.6 Å². The van der Waals surface area contributed by atoms with Crippen molar-refractivity contribution in [2.45, 2.75) is 37.3 Å². The van der Waals surface area contributed by atoms with E-state index >= 15 is 0 Å².